The van der Waals surface area contributed by atoms with Gasteiger partial charge in [-0.25, -0.2) is 0 Å². The summed E-state index contributed by atoms with van der Waals surface area (Å²) in [4.78, 5) is 25.4. The Morgan fingerprint density at radius 3 is 2.95 bits per heavy atom. The summed E-state index contributed by atoms with van der Waals surface area (Å²) < 4.78 is 4.93. The SMILES string of the molecule is O=C(/C=C/c1ccoc1)Nc1cccc(N2CCCC2=O)c1. The first-order valence-corrected chi connectivity index (χ1v) is 7.14. The fourth-order valence-corrected chi connectivity index (χ4v) is 2.40. The maximum atomic E-state index is 11.9. The van der Waals surface area contributed by atoms with Crippen LogP contribution >= 0.6 is 0 Å². The van der Waals surface area contributed by atoms with Crippen LogP contribution < -0.4 is 10.2 Å². The van der Waals surface area contributed by atoms with E-state index in [4.69, 9.17) is 4.42 Å². The van der Waals surface area contributed by atoms with Crippen LogP contribution in [0.4, 0.5) is 11.4 Å². The molecule has 0 atom stereocenters. The summed E-state index contributed by atoms with van der Waals surface area (Å²) in [6, 6.07) is 9.08. The fourth-order valence-electron chi connectivity index (χ4n) is 2.40. The van der Waals surface area contributed by atoms with E-state index in [0.29, 0.717) is 12.1 Å². The second-order valence-corrected chi connectivity index (χ2v) is 5.08. The standard InChI is InChI=1S/C17H16N2O3/c20-16(7-6-13-8-10-22-12-13)18-14-3-1-4-15(11-14)19-9-2-5-17(19)21/h1,3-4,6-8,10-12H,2,5,9H2,(H,18,20)/b7-6+. The Balaban J connectivity index is 1.67. The first-order chi connectivity index (χ1) is 10.7. The second kappa shape index (κ2) is 6.30. The molecule has 2 amide bonds. The molecular formula is C17H16N2O3. The van der Waals surface area contributed by atoms with Gasteiger partial charge in [0.15, 0.2) is 0 Å². The molecule has 1 aromatic carbocycles. The molecule has 1 aromatic heterocycles. The Hall–Kier alpha value is -2.82. The highest BCUT2D eigenvalue weighted by atomic mass is 16.3. The molecule has 22 heavy (non-hydrogen) atoms. The molecule has 0 spiro atoms. The summed E-state index contributed by atoms with van der Waals surface area (Å²) in [7, 11) is 0. The molecule has 1 aliphatic rings. The van der Waals surface area contributed by atoms with Gasteiger partial charge in [-0.15, -0.1) is 0 Å². The first kappa shape index (κ1) is 14.1. The van der Waals surface area contributed by atoms with E-state index in [2.05, 4.69) is 5.32 Å². The van der Waals surface area contributed by atoms with Gasteiger partial charge in [-0.1, -0.05) is 6.07 Å². The highest BCUT2D eigenvalue weighted by Crippen LogP contribution is 2.24. The lowest BCUT2D eigenvalue weighted by molar-refractivity contribution is -0.117. The van der Waals surface area contributed by atoms with E-state index in [-0.39, 0.29) is 11.8 Å². The van der Waals surface area contributed by atoms with Gasteiger partial charge in [-0.2, -0.15) is 0 Å². The van der Waals surface area contributed by atoms with Crippen molar-refractivity contribution in [3.05, 3.63) is 54.5 Å². The summed E-state index contributed by atoms with van der Waals surface area (Å²) in [6.45, 7) is 0.733. The van der Waals surface area contributed by atoms with Crippen molar-refractivity contribution in [2.45, 2.75) is 12.8 Å². The van der Waals surface area contributed by atoms with Crippen molar-refractivity contribution in [1.82, 2.24) is 0 Å². The van der Waals surface area contributed by atoms with Crippen LogP contribution in [0.2, 0.25) is 0 Å². The van der Waals surface area contributed by atoms with Gasteiger partial charge in [-0.3, -0.25) is 9.59 Å². The van der Waals surface area contributed by atoms with Crippen LogP contribution in [0, 0.1) is 0 Å². The van der Waals surface area contributed by atoms with Crippen molar-refractivity contribution in [3.63, 3.8) is 0 Å². The molecule has 112 valence electrons. The van der Waals surface area contributed by atoms with Gasteiger partial charge < -0.3 is 14.6 Å². The van der Waals surface area contributed by atoms with Crippen molar-refractivity contribution < 1.29 is 14.0 Å². The van der Waals surface area contributed by atoms with E-state index in [0.717, 1.165) is 24.2 Å². The van der Waals surface area contributed by atoms with Gasteiger partial charge in [0, 0.05) is 36.0 Å². The Kier molecular flexibility index (Phi) is 4.05. The molecule has 2 aromatic rings. The number of benzene rings is 1. The van der Waals surface area contributed by atoms with Gasteiger partial charge in [0.25, 0.3) is 0 Å². The van der Waals surface area contributed by atoms with Gasteiger partial charge in [-0.05, 0) is 36.8 Å². The molecule has 0 saturated carbocycles. The fraction of sp³-hybridized carbons (Fsp3) is 0.176. The molecule has 1 aliphatic heterocycles. The topological polar surface area (TPSA) is 62.6 Å². The number of hydrogen-bond acceptors (Lipinski definition) is 3. The second-order valence-electron chi connectivity index (χ2n) is 5.08. The van der Waals surface area contributed by atoms with Crippen LogP contribution in [0.15, 0.2) is 53.4 Å². The monoisotopic (exact) mass is 296 g/mol. The molecule has 1 fully saturated rings. The van der Waals surface area contributed by atoms with Crippen LogP contribution in [0.5, 0.6) is 0 Å². The Bertz CT molecular complexity index is 704. The third kappa shape index (κ3) is 3.25. The van der Waals surface area contributed by atoms with Gasteiger partial charge in [0.1, 0.15) is 0 Å². The molecule has 5 heteroatoms. The largest absolute Gasteiger partial charge is 0.472 e. The molecule has 1 saturated heterocycles. The average molecular weight is 296 g/mol. The number of amides is 2. The van der Waals surface area contributed by atoms with Gasteiger partial charge in [0.05, 0.1) is 12.5 Å². The van der Waals surface area contributed by atoms with Gasteiger partial charge >= 0.3 is 0 Å². The zero-order valence-electron chi connectivity index (χ0n) is 12.0. The summed E-state index contributed by atoms with van der Waals surface area (Å²) in [5.41, 5.74) is 2.31. The Labute approximate surface area is 128 Å². The molecule has 0 unspecified atom stereocenters. The lowest BCUT2D eigenvalue weighted by atomic mass is 10.2. The van der Waals surface area contributed by atoms with Crippen LogP contribution in [-0.2, 0) is 9.59 Å². The minimum Gasteiger partial charge on any atom is -0.472 e. The van der Waals surface area contributed by atoms with Crippen LogP contribution in [0.1, 0.15) is 18.4 Å². The Morgan fingerprint density at radius 1 is 1.32 bits per heavy atom. The maximum Gasteiger partial charge on any atom is 0.248 e. The number of nitrogens with one attached hydrogen (secondary N) is 1. The molecule has 0 radical (unpaired) electrons. The van der Waals surface area contributed by atoms with E-state index in [1.807, 2.05) is 18.2 Å². The molecule has 3 rings (SSSR count). The highest BCUT2D eigenvalue weighted by molar-refractivity contribution is 6.02. The smallest absolute Gasteiger partial charge is 0.248 e. The van der Waals surface area contributed by atoms with E-state index in [9.17, 15) is 9.59 Å². The number of furan rings is 1. The van der Waals surface area contributed by atoms with Crippen molar-refractivity contribution in [2.75, 3.05) is 16.8 Å². The number of nitrogens with zero attached hydrogens (tertiary/aromatic N) is 1. The minimum atomic E-state index is -0.230. The number of anilines is 2. The van der Waals surface area contributed by atoms with Crippen molar-refractivity contribution in [2.24, 2.45) is 0 Å². The number of carbonyl (C=O) groups excluding carboxylic acids is 2. The summed E-state index contributed by atoms with van der Waals surface area (Å²) >= 11 is 0. The maximum absolute atomic E-state index is 11.9. The molecule has 0 aliphatic carbocycles. The molecule has 0 bridgehead atoms. The predicted octanol–water partition coefficient (Wildman–Crippen LogP) is 3.06. The van der Waals surface area contributed by atoms with Gasteiger partial charge in [0.2, 0.25) is 11.8 Å². The third-order valence-electron chi connectivity index (χ3n) is 3.47. The van der Waals surface area contributed by atoms with Crippen molar-refractivity contribution >= 4 is 29.3 Å². The first-order valence-electron chi connectivity index (χ1n) is 7.14. The highest BCUT2D eigenvalue weighted by Gasteiger charge is 2.21. The zero-order valence-corrected chi connectivity index (χ0v) is 12.0. The molecule has 2 heterocycles. The normalized spacial score (nSPS) is 14.7. The van der Waals surface area contributed by atoms with E-state index in [1.54, 1.807) is 35.6 Å². The lowest BCUT2D eigenvalue weighted by Gasteiger charge is -2.16. The van der Waals surface area contributed by atoms with Crippen LogP contribution in [-0.4, -0.2) is 18.4 Å². The van der Waals surface area contributed by atoms with Crippen LogP contribution in [0.3, 0.4) is 0 Å². The number of rotatable bonds is 4. The van der Waals surface area contributed by atoms with E-state index < -0.39 is 0 Å². The quantitative estimate of drug-likeness (QED) is 0.882. The molecular weight excluding hydrogens is 280 g/mol. The average Bonchev–Trinajstić information content (AvgIpc) is 3.16. The van der Waals surface area contributed by atoms with Crippen molar-refractivity contribution in [3.8, 4) is 0 Å². The zero-order chi connectivity index (χ0) is 15.4. The minimum absolute atomic E-state index is 0.128. The summed E-state index contributed by atoms with van der Waals surface area (Å²) in [5.74, 6) is -0.102. The summed E-state index contributed by atoms with van der Waals surface area (Å²) in [5, 5.41) is 2.79. The van der Waals surface area contributed by atoms with Crippen LogP contribution in [0.25, 0.3) is 6.08 Å². The van der Waals surface area contributed by atoms with E-state index in [1.165, 1.54) is 6.08 Å². The van der Waals surface area contributed by atoms with Crippen molar-refractivity contribution in [1.29, 1.82) is 0 Å². The van der Waals surface area contributed by atoms with E-state index >= 15 is 0 Å². The number of hydrogen-bond donors (Lipinski definition) is 1. The third-order valence-corrected chi connectivity index (χ3v) is 3.47. The molecule has 1 N–H and O–H groups in total. The lowest BCUT2D eigenvalue weighted by Crippen LogP contribution is -2.23. The number of carbonyl (C=O) groups is 2. The molecule has 5 nitrogen and oxygen atoms in total. The Morgan fingerprint density at radius 2 is 2.23 bits per heavy atom. The summed E-state index contributed by atoms with van der Waals surface area (Å²) in [6.07, 6.45) is 7.69. The predicted molar refractivity (Wildman–Crippen MR) is 84.4 cm³/mol.